The predicted octanol–water partition coefficient (Wildman–Crippen LogP) is 5.62. The molecule has 0 N–H and O–H groups in total. The Hall–Kier alpha value is -3.24. The number of carbonyl (C=O) groups excluding carboxylic acids is 1. The maximum atomic E-state index is 13.0. The minimum atomic E-state index is 0.241. The maximum absolute atomic E-state index is 13.0. The second kappa shape index (κ2) is 9.72. The lowest BCUT2D eigenvalue weighted by Gasteiger charge is -2.36. The van der Waals surface area contributed by atoms with Gasteiger partial charge in [-0.05, 0) is 41.8 Å². The summed E-state index contributed by atoms with van der Waals surface area (Å²) in [7, 11) is 0. The Bertz CT molecular complexity index is 1240. The van der Waals surface area contributed by atoms with Crippen molar-refractivity contribution in [3.05, 3.63) is 101 Å². The molecule has 3 aromatic carbocycles. The topological polar surface area (TPSA) is 28.5 Å². The molecule has 0 atom stereocenters. The van der Waals surface area contributed by atoms with Crippen LogP contribution in [0.1, 0.15) is 17.5 Å². The van der Waals surface area contributed by atoms with Gasteiger partial charge >= 0.3 is 0 Å². The van der Waals surface area contributed by atoms with Crippen molar-refractivity contribution >= 4 is 34.1 Å². The molecule has 1 saturated heterocycles. The molecule has 2 heterocycles. The normalized spacial score (nSPS) is 14.1. The number of rotatable bonds is 6. The number of carbonyl (C=O) groups is 1. The van der Waals surface area contributed by atoms with E-state index in [-0.39, 0.29) is 5.91 Å². The third kappa shape index (κ3) is 4.76. The number of amides is 1. The highest BCUT2D eigenvalue weighted by Gasteiger charge is 2.21. The van der Waals surface area contributed by atoms with Crippen LogP contribution in [0.4, 0.5) is 5.69 Å². The Kier molecular flexibility index (Phi) is 6.36. The van der Waals surface area contributed by atoms with Gasteiger partial charge in [-0.1, -0.05) is 66.2 Å². The molecule has 1 fully saturated rings. The van der Waals surface area contributed by atoms with Crippen LogP contribution in [0.15, 0.2) is 85.1 Å². The summed E-state index contributed by atoms with van der Waals surface area (Å²) in [5, 5.41) is 1.99. The minimum Gasteiger partial charge on any atom is -0.368 e. The third-order valence-corrected chi connectivity index (χ3v) is 6.90. The van der Waals surface area contributed by atoms with Crippen molar-refractivity contribution in [1.29, 1.82) is 0 Å². The van der Waals surface area contributed by atoms with E-state index in [1.807, 2.05) is 29.2 Å². The van der Waals surface area contributed by atoms with Gasteiger partial charge in [-0.25, -0.2) is 0 Å². The Morgan fingerprint density at radius 2 is 1.48 bits per heavy atom. The molecule has 0 unspecified atom stereocenters. The summed E-state index contributed by atoms with van der Waals surface area (Å²) in [6, 6.07) is 26.8. The standard InChI is InChI=1S/C28H28ClN3O/c29-26-12-6-4-8-23(26)21-32-20-22(25-11-5-7-13-27(25)32)14-15-28(33)31-18-16-30(17-19-31)24-9-2-1-3-10-24/h1-13,20H,14-19,21H2. The van der Waals surface area contributed by atoms with Crippen molar-refractivity contribution in [2.24, 2.45) is 0 Å². The Morgan fingerprint density at radius 1 is 0.788 bits per heavy atom. The number of halogens is 1. The van der Waals surface area contributed by atoms with Crippen molar-refractivity contribution in [2.75, 3.05) is 31.1 Å². The number of hydrogen-bond donors (Lipinski definition) is 0. The Morgan fingerprint density at radius 3 is 2.27 bits per heavy atom. The smallest absolute Gasteiger partial charge is 0.223 e. The molecule has 1 aliphatic rings. The number of fused-ring (bicyclic) bond motifs is 1. The second-order valence-corrected chi connectivity index (χ2v) is 9.00. The summed E-state index contributed by atoms with van der Waals surface area (Å²) in [6.07, 6.45) is 3.47. The predicted molar refractivity (Wildman–Crippen MR) is 136 cm³/mol. The van der Waals surface area contributed by atoms with Gasteiger partial charge in [-0.15, -0.1) is 0 Å². The van der Waals surface area contributed by atoms with Gasteiger partial charge in [0.25, 0.3) is 0 Å². The van der Waals surface area contributed by atoms with E-state index >= 15 is 0 Å². The Balaban J connectivity index is 1.24. The van der Waals surface area contributed by atoms with Gasteiger partial charge in [-0.3, -0.25) is 4.79 Å². The van der Waals surface area contributed by atoms with Gasteiger partial charge in [-0.2, -0.15) is 0 Å². The minimum absolute atomic E-state index is 0.241. The first-order valence-electron chi connectivity index (χ1n) is 11.6. The zero-order valence-electron chi connectivity index (χ0n) is 18.7. The summed E-state index contributed by atoms with van der Waals surface area (Å²) < 4.78 is 2.25. The molecule has 1 aliphatic heterocycles. The molecule has 1 amide bonds. The van der Waals surface area contributed by atoms with Crippen LogP contribution in [0.5, 0.6) is 0 Å². The van der Waals surface area contributed by atoms with Crippen molar-refractivity contribution in [3.8, 4) is 0 Å². The summed E-state index contributed by atoms with van der Waals surface area (Å²) in [5.74, 6) is 0.241. The summed E-state index contributed by atoms with van der Waals surface area (Å²) in [4.78, 5) is 17.3. The average Bonchev–Trinajstić information content (AvgIpc) is 3.22. The van der Waals surface area contributed by atoms with E-state index in [1.165, 1.54) is 22.2 Å². The zero-order chi connectivity index (χ0) is 22.6. The van der Waals surface area contributed by atoms with Gasteiger partial charge in [0.1, 0.15) is 0 Å². The van der Waals surface area contributed by atoms with E-state index in [2.05, 4.69) is 70.3 Å². The van der Waals surface area contributed by atoms with E-state index in [4.69, 9.17) is 11.6 Å². The Labute approximate surface area is 200 Å². The number of hydrogen-bond acceptors (Lipinski definition) is 2. The monoisotopic (exact) mass is 457 g/mol. The molecule has 0 saturated carbocycles. The first-order chi connectivity index (χ1) is 16.2. The van der Waals surface area contributed by atoms with Crippen LogP contribution in [0, 0.1) is 0 Å². The lowest BCUT2D eigenvalue weighted by molar-refractivity contribution is -0.131. The first-order valence-corrected chi connectivity index (χ1v) is 11.9. The molecular formula is C28H28ClN3O. The molecule has 5 rings (SSSR count). The van der Waals surface area contributed by atoms with E-state index in [1.54, 1.807) is 0 Å². The summed E-state index contributed by atoms with van der Waals surface area (Å²) >= 11 is 6.40. The molecule has 5 heteroatoms. The fourth-order valence-electron chi connectivity index (χ4n) is 4.72. The highest BCUT2D eigenvalue weighted by atomic mass is 35.5. The fraction of sp³-hybridized carbons (Fsp3) is 0.250. The average molecular weight is 458 g/mol. The second-order valence-electron chi connectivity index (χ2n) is 8.59. The number of para-hydroxylation sites is 2. The van der Waals surface area contributed by atoms with Gasteiger partial charge in [0.05, 0.1) is 0 Å². The van der Waals surface area contributed by atoms with E-state index < -0.39 is 0 Å². The van der Waals surface area contributed by atoms with Gasteiger partial charge in [0, 0.05) is 67.0 Å². The largest absolute Gasteiger partial charge is 0.368 e. The van der Waals surface area contributed by atoms with Gasteiger partial charge < -0.3 is 14.4 Å². The number of aromatic nitrogens is 1. The van der Waals surface area contributed by atoms with Crippen LogP contribution in [0.2, 0.25) is 5.02 Å². The van der Waals surface area contributed by atoms with Crippen LogP contribution in [0.3, 0.4) is 0 Å². The van der Waals surface area contributed by atoms with Gasteiger partial charge in [0.15, 0.2) is 0 Å². The molecule has 0 spiro atoms. The van der Waals surface area contributed by atoms with Crippen molar-refractivity contribution < 1.29 is 4.79 Å². The molecule has 1 aromatic heterocycles. The number of piperazine rings is 1. The highest BCUT2D eigenvalue weighted by Crippen LogP contribution is 2.26. The number of aryl methyl sites for hydroxylation is 1. The quantitative estimate of drug-likeness (QED) is 0.375. The van der Waals surface area contributed by atoms with Crippen LogP contribution >= 0.6 is 11.6 Å². The molecule has 0 aliphatic carbocycles. The summed E-state index contributed by atoms with van der Waals surface area (Å²) in [6.45, 7) is 4.04. The first kappa shape index (κ1) is 21.6. The SMILES string of the molecule is O=C(CCc1cn(Cc2ccccc2Cl)c2ccccc12)N1CCN(c2ccccc2)CC1. The van der Waals surface area contributed by atoms with Crippen LogP contribution < -0.4 is 4.90 Å². The third-order valence-electron chi connectivity index (χ3n) is 6.53. The van der Waals surface area contributed by atoms with E-state index in [0.717, 1.165) is 49.7 Å². The van der Waals surface area contributed by atoms with Gasteiger partial charge in [0.2, 0.25) is 5.91 Å². The highest BCUT2D eigenvalue weighted by molar-refractivity contribution is 6.31. The molecule has 33 heavy (non-hydrogen) atoms. The number of nitrogens with zero attached hydrogens (tertiary/aromatic N) is 3. The molecule has 4 aromatic rings. The van der Waals surface area contributed by atoms with Crippen molar-refractivity contribution in [3.63, 3.8) is 0 Å². The molecule has 0 radical (unpaired) electrons. The molecule has 168 valence electrons. The van der Waals surface area contributed by atoms with Crippen LogP contribution in [0.25, 0.3) is 10.9 Å². The number of benzene rings is 3. The fourth-order valence-corrected chi connectivity index (χ4v) is 4.91. The van der Waals surface area contributed by atoms with E-state index in [9.17, 15) is 4.79 Å². The summed E-state index contributed by atoms with van der Waals surface area (Å²) in [5.41, 5.74) is 4.72. The van der Waals surface area contributed by atoms with Crippen LogP contribution in [-0.2, 0) is 17.8 Å². The van der Waals surface area contributed by atoms with E-state index in [0.29, 0.717) is 6.42 Å². The molecular weight excluding hydrogens is 430 g/mol. The molecule has 4 nitrogen and oxygen atoms in total. The lowest BCUT2D eigenvalue weighted by atomic mass is 10.1. The van der Waals surface area contributed by atoms with Crippen molar-refractivity contribution in [1.82, 2.24) is 9.47 Å². The van der Waals surface area contributed by atoms with Crippen LogP contribution in [-0.4, -0.2) is 41.6 Å². The van der Waals surface area contributed by atoms with Crippen molar-refractivity contribution in [2.45, 2.75) is 19.4 Å². The maximum Gasteiger partial charge on any atom is 0.223 e. The zero-order valence-corrected chi connectivity index (χ0v) is 19.4. The lowest BCUT2D eigenvalue weighted by Crippen LogP contribution is -2.48. The molecule has 0 bridgehead atoms. The number of anilines is 1.